The summed E-state index contributed by atoms with van der Waals surface area (Å²) in [7, 11) is -3.18. The zero-order valence-corrected chi connectivity index (χ0v) is 16.3. The summed E-state index contributed by atoms with van der Waals surface area (Å²) in [5, 5.41) is 10.8. The summed E-state index contributed by atoms with van der Waals surface area (Å²) < 4.78 is 24.8. The van der Waals surface area contributed by atoms with Crippen molar-refractivity contribution in [2.24, 2.45) is 0 Å². The van der Waals surface area contributed by atoms with Crippen LogP contribution in [0.25, 0.3) is 10.9 Å². The minimum Gasteiger partial charge on any atom is -0.386 e. The molecular formula is C20H22N2O4S. The highest BCUT2D eigenvalue weighted by molar-refractivity contribution is 7.89. The van der Waals surface area contributed by atoms with E-state index in [9.17, 15) is 18.3 Å². The highest BCUT2D eigenvalue weighted by Gasteiger charge is 2.17. The van der Waals surface area contributed by atoms with Gasteiger partial charge in [-0.15, -0.1) is 0 Å². The SMILES string of the molecule is CC(C)(O)c1ccc(C(=O)Cc2cc3c(ccn3CS(C)(=O)=O)cn2)cc1. The molecule has 0 radical (unpaired) electrons. The zero-order chi connectivity index (χ0) is 19.8. The largest absolute Gasteiger partial charge is 0.386 e. The molecule has 0 fully saturated rings. The number of aromatic nitrogens is 2. The van der Waals surface area contributed by atoms with E-state index in [4.69, 9.17) is 0 Å². The van der Waals surface area contributed by atoms with Crippen LogP contribution >= 0.6 is 0 Å². The number of hydrogen-bond donors (Lipinski definition) is 1. The van der Waals surface area contributed by atoms with Crippen molar-refractivity contribution in [2.45, 2.75) is 31.7 Å². The van der Waals surface area contributed by atoms with Crippen LogP contribution in [0.2, 0.25) is 0 Å². The number of Topliss-reactive ketones (excluding diaryl/α,β-unsaturated/α-hetero) is 1. The first-order valence-electron chi connectivity index (χ1n) is 8.50. The molecule has 3 aromatic rings. The second-order valence-corrected chi connectivity index (χ2v) is 9.42. The monoisotopic (exact) mass is 386 g/mol. The number of sulfone groups is 1. The number of hydrogen-bond acceptors (Lipinski definition) is 5. The van der Waals surface area contributed by atoms with E-state index in [-0.39, 0.29) is 18.1 Å². The van der Waals surface area contributed by atoms with Gasteiger partial charge in [0.15, 0.2) is 15.6 Å². The van der Waals surface area contributed by atoms with E-state index in [1.165, 1.54) is 6.26 Å². The molecule has 0 amide bonds. The maximum Gasteiger partial charge on any atom is 0.168 e. The third-order valence-corrected chi connectivity index (χ3v) is 5.09. The predicted octanol–water partition coefficient (Wildman–Crippen LogP) is 2.69. The number of benzene rings is 1. The van der Waals surface area contributed by atoms with Gasteiger partial charge in [0.25, 0.3) is 0 Å². The first kappa shape index (κ1) is 19.3. The average Bonchev–Trinajstić information content (AvgIpc) is 2.95. The van der Waals surface area contributed by atoms with Crippen LogP contribution in [0.5, 0.6) is 0 Å². The topological polar surface area (TPSA) is 89.3 Å². The van der Waals surface area contributed by atoms with Crippen LogP contribution in [0.4, 0.5) is 0 Å². The van der Waals surface area contributed by atoms with Gasteiger partial charge < -0.3 is 9.67 Å². The molecule has 3 rings (SSSR count). The van der Waals surface area contributed by atoms with E-state index < -0.39 is 15.4 Å². The van der Waals surface area contributed by atoms with Gasteiger partial charge in [-0.25, -0.2) is 8.42 Å². The van der Waals surface area contributed by atoms with E-state index in [0.717, 1.165) is 16.5 Å². The molecule has 7 heteroatoms. The molecule has 0 bridgehead atoms. The van der Waals surface area contributed by atoms with Gasteiger partial charge in [0, 0.05) is 29.6 Å². The maximum atomic E-state index is 12.6. The van der Waals surface area contributed by atoms with Gasteiger partial charge in [-0.1, -0.05) is 24.3 Å². The summed E-state index contributed by atoms with van der Waals surface area (Å²) in [6.07, 6.45) is 4.64. The third kappa shape index (κ3) is 4.61. The Labute approximate surface area is 158 Å². The van der Waals surface area contributed by atoms with Crippen molar-refractivity contribution in [2.75, 3.05) is 6.26 Å². The highest BCUT2D eigenvalue weighted by Crippen LogP contribution is 2.21. The maximum absolute atomic E-state index is 12.6. The summed E-state index contributed by atoms with van der Waals surface area (Å²) >= 11 is 0. The molecule has 0 aliphatic heterocycles. The number of carbonyl (C=O) groups is 1. The molecule has 0 unspecified atom stereocenters. The van der Waals surface area contributed by atoms with E-state index in [2.05, 4.69) is 4.98 Å². The number of ketones is 1. The molecule has 2 aromatic heterocycles. The van der Waals surface area contributed by atoms with E-state index in [1.807, 2.05) is 0 Å². The summed E-state index contributed by atoms with van der Waals surface area (Å²) in [5.41, 5.74) is 1.62. The minimum absolute atomic E-state index is 0.0923. The van der Waals surface area contributed by atoms with Crippen molar-refractivity contribution in [1.29, 1.82) is 0 Å². The lowest BCUT2D eigenvalue weighted by Gasteiger charge is -2.17. The Morgan fingerprint density at radius 1 is 1.19 bits per heavy atom. The number of pyridine rings is 1. The summed E-state index contributed by atoms with van der Waals surface area (Å²) in [6.45, 7) is 3.38. The van der Waals surface area contributed by atoms with E-state index in [1.54, 1.807) is 67.2 Å². The van der Waals surface area contributed by atoms with Crippen LogP contribution in [-0.4, -0.2) is 35.1 Å². The average molecular weight is 386 g/mol. The second-order valence-electron chi connectivity index (χ2n) is 7.31. The molecule has 1 aromatic carbocycles. The van der Waals surface area contributed by atoms with Gasteiger partial charge in [-0.3, -0.25) is 9.78 Å². The molecule has 0 aliphatic carbocycles. The van der Waals surface area contributed by atoms with Crippen molar-refractivity contribution in [3.05, 3.63) is 65.6 Å². The van der Waals surface area contributed by atoms with Crippen LogP contribution < -0.4 is 0 Å². The predicted molar refractivity (Wildman–Crippen MR) is 104 cm³/mol. The van der Waals surface area contributed by atoms with Crippen LogP contribution in [0, 0.1) is 0 Å². The number of rotatable bonds is 6. The Morgan fingerprint density at radius 3 is 2.44 bits per heavy atom. The van der Waals surface area contributed by atoms with Crippen molar-refractivity contribution >= 4 is 26.5 Å². The quantitative estimate of drug-likeness (QED) is 0.658. The van der Waals surface area contributed by atoms with Gasteiger partial charge in [0.1, 0.15) is 5.88 Å². The van der Waals surface area contributed by atoms with Crippen LogP contribution in [0.15, 0.2) is 48.8 Å². The second kappa shape index (κ2) is 6.90. The van der Waals surface area contributed by atoms with Crippen LogP contribution in [0.3, 0.4) is 0 Å². The standard InChI is InChI=1S/C20H22N2O4S/c1-20(2,24)16-6-4-14(5-7-16)19(23)11-17-10-18-15(12-21-17)8-9-22(18)13-27(3,25)26/h4-10,12,24H,11,13H2,1-3H3. The molecular weight excluding hydrogens is 364 g/mol. The molecule has 27 heavy (non-hydrogen) atoms. The molecule has 0 saturated carbocycles. The van der Waals surface area contributed by atoms with Crippen molar-refractivity contribution in [3.8, 4) is 0 Å². The first-order chi connectivity index (χ1) is 12.5. The van der Waals surface area contributed by atoms with Gasteiger partial charge in [0.2, 0.25) is 0 Å². The van der Waals surface area contributed by atoms with E-state index in [0.29, 0.717) is 11.3 Å². The fourth-order valence-corrected chi connectivity index (χ4v) is 3.65. The fraction of sp³-hybridized carbons (Fsp3) is 0.300. The molecule has 6 nitrogen and oxygen atoms in total. The first-order valence-corrected chi connectivity index (χ1v) is 10.6. The van der Waals surface area contributed by atoms with Gasteiger partial charge in [-0.2, -0.15) is 0 Å². The molecule has 0 saturated heterocycles. The molecule has 2 heterocycles. The minimum atomic E-state index is -3.18. The third-order valence-electron chi connectivity index (χ3n) is 4.34. The fourth-order valence-electron chi connectivity index (χ4n) is 2.92. The van der Waals surface area contributed by atoms with Crippen LogP contribution in [0.1, 0.15) is 35.5 Å². The van der Waals surface area contributed by atoms with Gasteiger partial charge in [0.05, 0.1) is 23.2 Å². The summed E-state index contributed by atoms with van der Waals surface area (Å²) in [5.74, 6) is -0.211. The Hall–Kier alpha value is -2.51. The Morgan fingerprint density at radius 2 is 1.85 bits per heavy atom. The summed E-state index contributed by atoms with van der Waals surface area (Å²) in [4.78, 5) is 16.9. The summed E-state index contributed by atoms with van der Waals surface area (Å²) in [6, 6.07) is 10.4. The Balaban J connectivity index is 1.83. The number of fused-ring (bicyclic) bond motifs is 1. The van der Waals surface area contributed by atoms with Crippen molar-refractivity contribution in [1.82, 2.24) is 9.55 Å². The number of nitrogens with zero attached hydrogens (tertiary/aromatic N) is 2. The van der Waals surface area contributed by atoms with E-state index >= 15 is 0 Å². The molecule has 0 spiro atoms. The zero-order valence-electron chi connectivity index (χ0n) is 15.5. The lowest BCUT2D eigenvalue weighted by molar-refractivity contribution is 0.0784. The van der Waals surface area contributed by atoms with Crippen molar-refractivity contribution in [3.63, 3.8) is 0 Å². The lowest BCUT2D eigenvalue weighted by atomic mass is 9.96. The van der Waals surface area contributed by atoms with Crippen molar-refractivity contribution < 1.29 is 18.3 Å². The van der Waals surface area contributed by atoms with Gasteiger partial charge >= 0.3 is 0 Å². The molecule has 1 N–H and O–H groups in total. The Bertz CT molecular complexity index is 1090. The number of aliphatic hydroxyl groups is 1. The highest BCUT2D eigenvalue weighted by atomic mass is 32.2. The smallest absolute Gasteiger partial charge is 0.168 e. The van der Waals surface area contributed by atoms with Gasteiger partial charge in [-0.05, 0) is 31.5 Å². The molecule has 0 aliphatic rings. The molecule has 0 atom stereocenters. The normalized spacial score (nSPS) is 12.4. The number of carbonyl (C=O) groups excluding carboxylic acids is 1. The molecule has 142 valence electrons. The lowest BCUT2D eigenvalue weighted by Crippen LogP contribution is -2.15. The van der Waals surface area contributed by atoms with Crippen LogP contribution in [-0.2, 0) is 27.7 Å². The Kier molecular flexibility index (Phi) is 4.92.